The standard InChI is InChI=1S/C24H19FN2O3/c1-29-23-5-3-2-4-19(23)21-13-26-15-27-24(21)20-11-10-18(12-22(20)28)30-14-16-6-8-17(25)9-7-16/h2-13,15,28H,14H2,1H3. The highest BCUT2D eigenvalue weighted by Gasteiger charge is 2.16. The minimum absolute atomic E-state index is 0.0291. The van der Waals surface area contributed by atoms with Crippen molar-refractivity contribution in [1.29, 1.82) is 0 Å². The molecule has 0 radical (unpaired) electrons. The van der Waals surface area contributed by atoms with E-state index in [1.54, 1.807) is 37.6 Å². The van der Waals surface area contributed by atoms with Gasteiger partial charge in [0.2, 0.25) is 0 Å². The number of hydrogen-bond acceptors (Lipinski definition) is 5. The summed E-state index contributed by atoms with van der Waals surface area (Å²) in [5.41, 5.74) is 3.52. The molecule has 0 fully saturated rings. The molecule has 4 rings (SSSR count). The lowest BCUT2D eigenvalue weighted by atomic mass is 9.99. The van der Waals surface area contributed by atoms with Gasteiger partial charge in [0.15, 0.2) is 0 Å². The molecule has 0 spiro atoms. The van der Waals surface area contributed by atoms with E-state index < -0.39 is 0 Å². The highest BCUT2D eigenvalue weighted by atomic mass is 19.1. The highest BCUT2D eigenvalue weighted by Crippen LogP contribution is 2.39. The quantitative estimate of drug-likeness (QED) is 0.478. The zero-order valence-corrected chi connectivity index (χ0v) is 16.2. The Balaban J connectivity index is 1.63. The number of para-hydroxylation sites is 1. The number of nitrogens with zero attached hydrogens (tertiary/aromatic N) is 2. The van der Waals surface area contributed by atoms with Crippen molar-refractivity contribution in [3.8, 4) is 39.6 Å². The van der Waals surface area contributed by atoms with Crippen molar-refractivity contribution in [2.24, 2.45) is 0 Å². The average Bonchev–Trinajstić information content (AvgIpc) is 2.79. The van der Waals surface area contributed by atoms with Gasteiger partial charge in [0.05, 0.1) is 12.8 Å². The fourth-order valence-corrected chi connectivity index (χ4v) is 3.16. The van der Waals surface area contributed by atoms with Crippen LogP contribution >= 0.6 is 0 Å². The molecule has 1 N–H and O–H groups in total. The Bertz CT molecular complexity index is 1160. The normalized spacial score (nSPS) is 10.6. The summed E-state index contributed by atoms with van der Waals surface area (Å²) in [6.45, 7) is 0.263. The average molecular weight is 402 g/mol. The molecule has 0 amide bonds. The molecule has 0 atom stereocenters. The van der Waals surface area contributed by atoms with Gasteiger partial charge in [-0.2, -0.15) is 0 Å². The van der Waals surface area contributed by atoms with Crippen LogP contribution in [0.1, 0.15) is 5.56 Å². The van der Waals surface area contributed by atoms with Gasteiger partial charge in [0, 0.05) is 29.0 Å². The first-order valence-corrected chi connectivity index (χ1v) is 9.29. The minimum atomic E-state index is -0.295. The predicted molar refractivity (Wildman–Crippen MR) is 112 cm³/mol. The van der Waals surface area contributed by atoms with Gasteiger partial charge in [-0.1, -0.05) is 30.3 Å². The zero-order chi connectivity index (χ0) is 20.9. The maximum absolute atomic E-state index is 13.0. The monoisotopic (exact) mass is 402 g/mol. The van der Waals surface area contributed by atoms with Gasteiger partial charge in [0.1, 0.15) is 36.0 Å². The number of halogens is 1. The maximum Gasteiger partial charge on any atom is 0.128 e. The molecule has 1 heterocycles. The molecular weight excluding hydrogens is 383 g/mol. The second kappa shape index (κ2) is 8.61. The molecule has 30 heavy (non-hydrogen) atoms. The van der Waals surface area contributed by atoms with E-state index >= 15 is 0 Å². The van der Waals surface area contributed by atoms with Crippen LogP contribution < -0.4 is 9.47 Å². The third-order valence-electron chi connectivity index (χ3n) is 4.65. The van der Waals surface area contributed by atoms with Crippen molar-refractivity contribution in [1.82, 2.24) is 9.97 Å². The van der Waals surface area contributed by atoms with E-state index in [9.17, 15) is 9.50 Å². The third-order valence-corrected chi connectivity index (χ3v) is 4.65. The lowest BCUT2D eigenvalue weighted by Gasteiger charge is -2.13. The predicted octanol–water partition coefficient (Wildman–Crippen LogP) is 5.24. The summed E-state index contributed by atoms with van der Waals surface area (Å²) >= 11 is 0. The number of hydrogen-bond donors (Lipinski definition) is 1. The summed E-state index contributed by atoms with van der Waals surface area (Å²) < 4.78 is 24.2. The molecule has 0 aliphatic heterocycles. The van der Waals surface area contributed by atoms with Crippen LogP contribution in [0.5, 0.6) is 17.2 Å². The summed E-state index contributed by atoms with van der Waals surface area (Å²) in [5, 5.41) is 10.7. The molecular formula is C24H19FN2O3. The molecule has 0 aliphatic rings. The summed E-state index contributed by atoms with van der Waals surface area (Å²) in [6, 6.07) is 18.7. The van der Waals surface area contributed by atoms with Crippen LogP contribution in [0.4, 0.5) is 4.39 Å². The topological polar surface area (TPSA) is 64.5 Å². The third kappa shape index (κ3) is 4.07. The van der Waals surface area contributed by atoms with Gasteiger partial charge in [0.25, 0.3) is 0 Å². The van der Waals surface area contributed by atoms with E-state index in [1.807, 2.05) is 24.3 Å². The number of benzene rings is 3. The zero-order valence-electron chi connectivity index (χ0n) is 16.2. The summed E-state index contributed by atoms with van der Waals surface area (Å²) in [7, 11) is 1.60. The van der Waals surface area contributed by atoms with Gasteiger partial charge in [-0.05, 0) is 35.9 Å². The SMILES string of the molecule is COc1ccccc1-c1cncnc1-c1ccc(OCc2ccc(F)cc2)cc1O. The minimum Gasteiger partial charge on any atom is -0.507 e. The number of aromatic hydroxyl groups is 1. The molecule has 5 nitrogen and oxygen atoms in total. The van der Waals surface area contributed by atoms with Gasteiger partial charge < -0.3 is 14.6 Å². The van der Waals surface area contributed by atoms with Crippen molar-refractivity contribution in [2.45, 2.75) is 6.61 Å². The number of rotatable bonds is 6. The van der Waals surface area contributed by atoms with Crippen LogP contribution in [-0.2, 0) is 6.61 Å². The second-order valence-corrected chi connectivity index (χ2v) is 6.58. The van der Waals surface area contributed by atoms with E-state index in [1.165, 1.54) is 24.5 Å². The number of aromatic nitrogens is 2. The summed E-state index contributed by atoms with van der Waals surface area (Å²) in [4.78, 5) is 8.53. The van der Waals surface area contributed by atoms with Crippen molar-refractivity contribution >= 4 is 0 Å². The Kier molecular flexibility index (Phi) is 5.57. The van der Waals surface area contributed by atoms with E-state index in [0.717, 1.165) is 16.7 Å². The molecule has 6 heteroatoms. The second-order valence-electron chi connectivity index (χ2n) is 6.58. The van der Waals surface area contributed by atoms with Crippen LogP contribution in [0, 0.1) is 5.82 Å². The molecule has 1 aromatic heterocycles. The first-order chi connectivity index (χ1) is 14.7. The van der Waals surface area contributed by atoms with Crippen molar-refractivity contribution in [3.05, 3.63) is 90.6 Å². The van der Waals surface area contributed by atoms with Gasteiger partial charge in [-0.3, -0.25) is 0 Å². The first kappa shape index (κ1) is 19.4. The molecule has 0 unspecified atom stereocenters. The van der Waals surface area contributed by atoms with Crippen LogP contribution in [0.15, 0.2) is 79.3 Å². The van der Waals surface area contributed by atoms with E-state index in [-0.39, 0.29) is 18.2 Å². The largest absolute Gasteiger partial charge is 0.507 e. The molecule has 0 bridgehead atoms. The first-order valence-electron chi connectivity index (χ1n) is 9.29. The van der Waals surface area contributed by atoms with Crippen LogP contribution in [0.2, 0.25) is 0 Å². The Morgan fingerprint density at radius 2 is 1.73 bits per heavy atom. The Morgan fingerprint density at radius 3 is 2.50 bits per heavy atom. The summed E-state index contributed by atoms with van der Waals surface area (Å²) in [6.07, 6.45) is 3.13. The molecule has 4 aromatic rings. The van der Waals surface area contributed by atoms with Crippen LogP contribution in [-0.4, -0.2) is 22.2 Å². The number of methoxy groups -OCH3 is 1. The summed E-state index contributed by atoms with van der Waals surface area (Å²) in [5.74, 6) is 0.915. The van der Waals surface area contributed by atoms with E-state index in [2.05, 4.69) is 9.97 Å². The lowest BCUT2D eigenvalue weighted by Crippen LogP contribution is -1.97. The van der Waals surface area contributed by atoms with E-state index in [0.29, 0.717) is 22.8 Å². The molecule has 150 valence electrons. The van der Waals surface area contributed by atoms with Crippen LogP contribution in [0.25, 0.3) is 22.4 Å². The maximum atomic E-state index is 13.0. The molecule has 0 aliphatic carbocycles. The van der Waals surface area contributed by atoms with Gasteiger partial charge in [-0.15, -0.1) is 0 Å². The molecule has 0 saturated heterocycles. The number of ether oxygens (including phenoxy) is 2. The molecule has 0 saturated carbocycles. The van der Waals surface area contributed by atoms with Crippen LogP contribution in [0.3, 0.4) is 0 Å². The van der Waals surface area contributed by atoms with Crippen molar-refractivity contribution in [3.63, 3.8) is 0 Å². The fraction of sp³-hybridized carbons (Fsp3) is 0.0833. The van der Waals surface area contributed by atoms with Crippen molar-refractivity contribution in [2.75, 3.05) is 7.11 Å². The van der Waals surface area contributed by atoms with Gasteiger partial charge >= 0.3 is 0 Å². The molecule has 3 aromatic carbocycles. The Morgan fingerprint density at radius 1 is 0.933 bits per heavy atom. The Hall–Kier alpha value is -3.93. The van der Waals surface area contributed by atoms with E-state index in [4.69, 9.17) is 9.47 Å². The highest BCUT2D eigenvalue weighted by molar-refractivity contribution is 5.85. The van der Waals surface area contributed by atoms with Gasteiger partial charge in [-0.25, -0.2) is 14.4 Å². The fourth-order valence-electron chi connectivity index (χ4n) is 3.16. The number of phenolic OH excluding ortho intramolecular Hbond substituents is 1. The lowest BCUT2D eigenvalue weighted by molar-refractivity contribution is 0.304. The Labute approximate surface area is 173 Å². The number of phenols is 1. The smallest absolute Gasteiger partial charge is 0.128 e. The van der Waals surface area contributed by atoms with Crippen molar-refractivity contribution < 1.29 is 19.0 Å².